The summed E-state index contributed by atoms with van der Waals surface area (Å²) in [5, 5.41) is 4.00. The second-order valence-corrected chi connectivity index (χ2v) is 2.92. The smallest absolute Gasteiger partial charge is 0.299 e. The molecule has 0 aliphatic carbocycles. The minimum atomic E-state index is 0.271. The van der Waals surface area contributed by atoms with E-state index < -0.39 is 0 Å². The van der Waals surface area contributed by atoms with Gasteiger partial charge in [-0.05, 0) is 12.1 Å². The summed E-state index contributed by atoms with van der Waals surface area (Å²) in [6.45, 7) is 0.352. The molecule has 0 unspecified atom stereocenters. The highest BCUT2D eigenvalue weighted by Gasteiger charge is 2.08. The predicted octanol–water partition coefficient (Wildman–Crippen LogP) is 1.02. The van der Waals surface area contributed by atoms with E-state index in [1.54, 1.807) is 24.0 Å². The Labute approximate surface area is 86.3 Å². The quantitative estimate of drug-likeness (QED) is 0.699. The molecule has 76 valence electrons. The van der Waals surface area contributed by atoms with E-state index in [1.165, 1.54) is 0 Å². The maximum atomic E-state index is 10.1. The van der Waals surface area contributed by atoms with Crippen molar-refractivity contribution in [2.45, 2.75) is 0 Å². The van der Waals surface area contributed by atoms with E-state index >= 15 is 0 Å². The second-order valence-electron chi connectivity index (χ2n) is 2.92. The highest BCUT2D eigenvalue weighted by atomic mass is 16.5. The summed E-state index contributed by atoms with van der Waals surface area (Å²) in [7, 11) is 1.77. The van der Waals surface area contributed by atoms with Crippen LogP contribution in [0.5, 0.6) is 5.88 Å². The van der Waals surface area contributed by atoms with Gasteiger partial charge in [-0.2, -0.15) is 0 Å². The molecular weight excluding hydrogens is 194 g/mol. The van der Waals surface area contributed by atoms with Crippen LogP contribution in [0.1, 0.15) is 0 Å². The molecule has 5 nitrogen and oxygen atoms in total. The third kappa shape index (κ3) is 1.85. The molecule has 2 aromatic rings. The molecule has 0 aliphatic heterocycles. The average Bonchev–Trinajstić information content (AvgIpc) is 2.61. The van der Waals surface area contributed by atoms with E-state index in [9.17, 15) is 4.79 Å². The molecule has 0 saturated heterocycles. The fraction of sp³-hybridized carbons (Fsp3) is 0.100. The van der Waals surface area contributed by atoms with Crippen LogP contribution in [0.2, 0.25) is 0 Å². The molecule has 5 heteroatoms. The van der Waals surface area contributed by atoms with E-state index in [0.717, 1.165) is 11.4 Å². The van der Waals surface area contributed by atoms with E-state index in [4.69, 9.17) is 0 Å². The van der Waals surface area contributed by atoms with Gasteiger partial charge in [-0.1, -0.05) is 6.07 Å². The van der Waals surface area contributed by atoms with Gasteiger partial charge in [0.15, 0.2) is 0 Å². The van der Waals surface area contributed by atoms with Crippen molar-refractivity contribution in [1.82, 2.24) is 14.8 Å². The number of nitrogens with zero attached hydrogens (tertiary/aromatic N) is 3. The minimum absolute atomic E-state index is 0.271. The van der Waals surface area contributed by atoms with Crippen molar-refractivity contribution >= 4 is 6.47 Å². The minimum Gasteiger partial charge on any atom is -0.408 e. The first-order chi connectivity index (χ1) is 7.31. The highest BCUT2D eigenvalue weighted by Crippen LogP contribution is 2.20. The zero-order valence-electron chi connectivity index (χ0n) is 8.12. The Bertz CT molecular complexity index is 465. The van der Waals surface area contributed by atoms with Crippen molar-refractivity contribution in [2.75, 3.05) is 0 Å². The first-order valence-electron chi connectivity index (χ1n) is 4.37. The lowest BCUT2D eigenvalue weighted by atomic mass is 10.3. The number of aromatic nitrogens is 3. The Balaban J connectivity index is 2.40. The number of hydrogen-bond donors (Lipinski definition) is 0. The monoisotopic (exact) mass is 203 g/mol. The van der Waals surface area contributed by atoms with E-state index in [-0.39, 0.29) is 5.88 Å². The lowest BCUT2D eigenvalue weighted by Gasteiger charge is -1.98. The summed E-state index contributed by atoms with van der Waals surface area (Å²) in [5.74, 6) is 0.271. The molecule has 15 heavy (non-hydrogen) atoms. The summed E-state index contributed by atoms with van der Waals surface area (Å²) in [6, 6.07) is 7.25. The zero-order valence-corrected chi connectivity index (χ0v) is 8.12. The number of pyridine rings is 1. The van der Waals surface area contributed by atoms with Crippen LogP contribution in [0.25, 0.3) is 11.4 Å². The van der Waals surface area contributed by atoms with Crippen molar-refractivity contribution in [3.63, 3.8) is 0 Å². The summed E-state index contributed by atoms with van der Waals surface area (Å²) in [4.78, 5) is 14.3. The van der Waals surface area contributed by atoms with Gasteiger partial charge in [0.1, 0.15) is 0 Å². The predicted molar refractivity (Wildman–Crippen MR) is 53.1 cm³/mol. The van der Waals surface area contributed by atoms with E-state index in [0.29, 0.717) is 6.47 Å². The molecule has 0 amide bonds. The van der Waals surface area contributed by atoms with Gasteiger partial charge in [0.2, 0.25) is 5.88 Å². The van der Waals surface area contributed by atoms with Gasteiger partial charge in [-0.15, -0.1) is 5.10 Å². The number of ether oxygens (including phenoxy) is 1. The van der Waals surface area contributed by atoms with Crippen molar-refractivity contribution < 1.29 is 9.53 Å². The number of aryl methyl sites for hydroxylation is 1. The third-order valence-corrected chi connectivity index (χ3v) is 1.95. The second kappa shape index (κ2) is 3.91. The van der Waals surface area contributed by atoms with Crippen molar-refractivity contribution in [3.05, 3.63) is 30.5 Å². The summed E-state index contributed by atoms with van der Waals surface area (Å²) in [6.07, 6.45) is 1.70. The van der Waals surface area contributed by atoms with Gasteiger partial charge in [0.05, 0.1) is 11.4 Å². The third-order valence-electron chi connectivity index (χ3n) is 1.95. The maximum Gasteiger partial charge on any atom is 0.299 e. The number of carbonyl (C=O) groups is 1. The van der Waals surface area contributed by atoms with Crippen LogP contribution in [0.15, 0.2) is 30.5 Å². The van der Waals surface area contributed by atoms with Gasteiger partial charge in [0.25, 0.3) is 6.47 Å². The normalized spacial score (nSPS) is 9.93. The zero-order chi connectivity index (χ0) is 10.7. The highest BCUT2D eigenvalue weighted by molar-refractivity contribution is 5.57. The molecule has 0 atom stereocenters. The molecule has 2 rings (SSSR count). The number of hydrogen-bond acceptors (Lipinski definition) is 4. The first kappa shape index (κ1) is 9.39. The van der Waals surface area contributed by atoms with Crippen LogP contribution in [0.4, 0.5) is 0 Å². The fourth-order valence-electron chi connectivity index (χ4n) is 1.30. The number of carbonyl (C=O) groups excluding carboxylic acids is 1. The maximum absolute atomic E-state index is 10.1. The van der Waals surface area contributed by atoms with Crippen molar-refractivity contribution in [3.8, 4) is 17.3 Å². The summed E-state index contributed by atoms with van der Waals surface area (Å²) >= 11 is 0. The standard InChI is InChI=1S/C10H9N3O2/c1-13-9(6-10(12-13)15-7-14)8-4-2-3-5-11-8/h2-7H,1H3. The Morgan fingerprint density at radius 1 is 1.47 bits per heavy atom. The molecule has 0 saturated carbocycles. The van der Waals surface area contributed by atoms with Crippen molar-refractivity contribution in [2.24, 2.45) is 7.05 Å². The number of rotatable bonds is 3. The van der Waals surface area contributed by atoms with Gasteiger partial charge >= 0.3 is 0 Å². The molecular formula is C10H9N3O2. The van der Waals surface area contributed by atoms with Crippen LogP contribution in [-0.2, 0) is 11.8 Å². The Hall–Kier alpha value is -2.17. The van der Waals surface area contributed by atoms with E-state index in [2.05, 4.69) is 14.8 Å². The largest absolute Gasteiger partial charge is 0.408 e. The van der Waals surface area contributed by atoms with Crippen LogP contribution < -0.4 is 4.74 Å². The van der Waals surface area contributed by atoms with Crippen molar-refractivity contribution in [1.29, 1.82) is 0 Å². The average molecular weight is 203 g/mol. The Morgan fingerprint density at radius 3 is 3.00 bits per heavy atom. The van der Waals surface area contributed by atoms with Gasteiger partial charge in [0, 0.05) is 19.3 Å². The van der Waals surface area contributed by atoms with Gasteiger partial charge in [-0.3, -0.25) is 14.5 Å². The van der Waals surface area contributed by atoms with E-state index in [1.807, 2.05) is 18.2 Å². The molecule has 0 aliphatic rings. The lowest BCUT2D eigenvalue weighted by Crippen LogP contribution is -1.95. The first-order valence-corrected chi connectivity index (χ1v) is 4.37. The molecule has 0 radical (unpaired) electrons. The summed E-state index contributed by atoms with van der Waals surface area (Å²) in [5.41, 5.74) is 1.58. The molecule has 0 aromatic carbocycles. The van der Waals surface area contributed by atoms with Crippen LogP contribution in [0.3, 0.4) is 0 Å². The molecule has 0 N–H and O–H groups in total. The molecule has 0 fully saturated rings. The molecule has 0 bridgehead atoms. The molecule has 0 spiro atoms. The fourth-order valence-corrected chi connectivity index (χ4v) is 1.30. The molecule has 2 aromatic heterocycles. The van der Waals surface area contributed by atoms with Crippen LogP contribution in [-0.4, -0.2) is 21.2 Å². The van der Waals surface area contributed by atoms with Gasteiger partial charge < -0.3 is 4.74 Å². The SMILES string of the molecule is Cn1nc(OC=O)cc1-c1ccccn1. The van der Waals surface area contributed by atoms with Crippen LogP contribution >= 0.6 is 0 Å². The van der Waals surface area contributed by atoms with Crippen LogP contribution in [0, 0.1) is 0 Å². The topological polar surface area (TPSA) is 57.0 Å². The Morgan fingerprint density at radius 2 is 2.33 bits per heavy atom. The Kier molecular flexibility index (Phi) is 2.45. The van der Waals surface area contributed by atoms with Gasteiger partial charge in [-0.25, -0.2) is 0 Å². The lowest BCUT2D eigenvalue weighted by molar-refractivity contribution is -0.120. The summed E-state index contributed by atoms with van der Waals surface area (Å²) < 4.78 is 6.26. The molecule has 2 heterocycles.